The lowest BCUT2D eigenvalue weighted by molar-refractivity contribution is -0.127. The maximum atomic E-state index is 12.1. The number of nitrogens with zero attached hydrogens (tertiary/aromatic N) is 3. The summed E-state index contributed by atoms with van der Waals surface area (Å²) in [5.74, 6) is -0.862. The molecule has 2 aromatic heterocycles. The van der Waals surface area contributed by atoms with Crippen molar-refractivity contribution in [2.75, 3.05) is 18.8 Å². The number of rotatable bonds is 4. The molecule has 0 bridgehead atoms. The normalized spacial score (nSPS) is 15.5. The summed E-state index contributed by atoms with van der Waals surface area (Å²) in [5, 5.41) is 6.54. The summed E-state index contributed by atoms with van der Waals surface area (Å²) in [6, 6.07) is 3.18. The Kier molecular flexibility index (Phi) is 3.50. The molecule has 1 aliphatic rings. The van der Waals surface area contributed by atoms with Gasteiger partial charge in [0.25, 0.3) is 5.89 Å². The molecule has 1 amide bonds. The summed E-state index contributed by atoms with van der Waals surface area (Å²) >= 11 is 0. The molecule has 0 aliphatic carbocycles. The summed E-state index contributed by atoms with van der Waals surface area (Å²) < 4.78 is 34.3. The second kappa shape index (κ2) is 5.32. The molecule has 0 radical (unpaired) electrons. The summed E-state index contributed by atoms with van der Waals surface area (Å²) in [6.45, 7) is 1.19. The van der Waals surface area contributed by atoms with Gasteiger partial charge in [-0.2, -0.15) is 0 Å². The van der Waals surface area contributed by atoms with Gasteiger partial charge in [-0.3, -0.25) is 4.79 Å². The maximum Gasteiger partial charge on any atom is 0.336 e. The van der Waals surface area contributed by atoms with Gasteiger partial charge in [-0.15, -0.1) is 5.10 Å². The SMILES string of the molecule is O=C(CS(=O)(=O)c1nnc(-c2ccco2)o1)N1CCCC1. The third kappa shape index (κ3) is 2.82. The number of aromatic nitrogens is 2. The summed E-state index contributed by atoms with van der Waals surface area (Å²) in [7, 11) is -3.94. The van der Waals surface area contributed by atoms with Crippen LogP contribution in [0.2, 0.25) is 0 Å². The van der Waals surface area contributed by atoms with Gasteiger partial charge in [-0.05, 0) is 25.0 Å². The van der Waals surface area contributed by atoms with Gasteiger partial charge in [-0.1, -0.05) is 5.10 Å². The molecular formula is C12H13N3O5S. The number of carbonyl (C=O) groups excluding carboxylic acids is 1. The molecular weight excluding hydrogens is 298 g/mol. The molecule has 0 atom stereocenters. The van der Waals surface area contributed by atoms with Crippen LogP contribution in [0.25, 0.3) is 11.7 Å². The minimum absolute atomic E-state index is 0.0350. The van der Waals surface area contributed by atoms with E-state index in [9.17, 15) is 13.2 Å². The van der Waals surface area contributed by atoms with Crippen molar-refractivity contribution in [2.45, 2.75) is 18.1 Å². The predicted octanol–water partition coefficient (Wildman–Crippen LogP) is 0.726. The first-order valence-corrected chi connectivity index (χ1v) is 8.09. The second-order valence-electron chi connectivity index (χ2n) is 4.70. The number of carbonyl (C=O) groups is 1. The van der Waals surface area contributed by atoms with Crippen molar-refractivity contribution >= 4 is 15.7 Å². The van der Waals surface area contributed by atoms with Crippen LogP contribution < -0.4 is 0 Å². The van der Waals surface area contributed by atoms with Gasteiger partial charge < -0.3 is 13.7 Å². The van der Waals surface area contributed by atoms with E-state index in [-0.39, 0.29) is 11.7 Å². The lowest BCUT2D eigenvalue weighted by Gasteiger charge is -2.13. The van der Waals surface area contributed by atoms with E-state index in [1.165, 1.54) is 11.2 Å². The second-order valence-corrected chi connectivity index (χ2v) is 6.56. The predicted molar refractivity (Wildman–Crippen MR) is 69.9 cm³/mol. The van der Waals surface area contributed by atoms with Crippen molar-refractivity contribution in [3.63, 3.8) is 0 Å². The van der Waals surface area contributed by atoms with E-state index in [2.05, 4.69) is 10.2 Å². The van der Waals surface area contributed by atoms with E-state index < -0.39 is 26.7 Å². The quantitative estimate of drug-likeness (QED) is 0.819. The van der Waals surface area contributed by atoms with Crippen LogP contribution in [0.3, 0.4) is 0 Å². The Morgan fingerprint density at radius 2 is 2.05 bits per heavy atom. The van der Waals surface area contributed by atoms with E-state index in [1.54, 1.807) is 12.1 Å². The van der Waals surface area contributed by atoms with Crippen LogP contribution in [0.5, 0.6) is 0 Å². The first-order chi connectivity index (χ1) is 10.1. The molecule has 112 valence electrons. The molecule has 0 spiro atoms. The Morgan fingerprint density at radius 1 is 1.29 bits per heavy atom. The van der Waals surface area contributed by atoms with Crippen LogP contribution in [-0.4, -0.2) is 48.3 Å². The molecule has 0 aromatic carbocycles. The molecule has 2 aromatic rings. The molecule has 1 aliphatic heterocycles. The maximum absolute atomic E-state index is 12.1. The van der Waals surface area contributed by atoms with Gasteiger partial charge in [0.2, 0.25) is 15.7 Å². The average molecular weight is 311 g/mol. The van der Waals surface area contributed by atoms with Crippen LogP contribution >= 0.6 is 0 Å². The van der Waals surface area contributed by atoms with Crippen LogP contribution in [0.1, 0.15) is 12.8 Å². The summed E-state index contributed by atoms with van der Waals surface area (Å²) in [5.41, 5.74) is 0. The monoisotopic (exact) mass is 311 g/mol. The first-order valence-electron chi connectivity index (χ1n) is 6.44. The Bertz CT molecular complexity index is 729. The molecule has 0 N–H and O–H groups in total. The third-order valence-electron chi connectivity index (χ3n) is 3.18. The zero-order valence-corrected chi connectivity index (χ0v) is 11.9. The van der Waals surface area contributed by atoms with Gasteiger partial charge >= 0.3 is 5.22 Å². The largest absolute Gasteiger partial charge is 0.459 e. The molecule has 0 unspecified atom stereocenters. The highest BCUT2D eigenvalue weighted by atomic mass is 32.2. The van der Waals surface area contributed by atoms with Gasteiger partial charge in [0, 0.05) is 13.1 Å². The number of furan rings is 1. The van der Waals surface area contributed by atoms with Gasteiger partial charge in [0.15, 0.2) is 5.76 Å². The highest BCUT2D eigenvalue weighted by molar-refractivity contribution is 7.91. The van der Waals surface area contributed by atoms with Crippen molar-refractivity contribution < 1.29 is 22.0 Å². The van der Waals surface area contributed by atoms with Crippen molar-refractivity contribution in [3.8, 4) is 11.7 Å². The highest BCUT2D eigenvalue weighted by Crippen LogP contribution is 2.21. The van der Waals surface area contributed by atoms with E-state index in [0.717, 1.165) is 12.8 Å². The zero-order valence-electron chi connectivity index (χ0n) is 11.1. The topological polar surface area (TPSA) is 107 Å². The van der Waals surface area contributed by atoms with Crippen molar-refractivity contribution in [1.29, 1.82) is 0 Å². The van der Waals surface area contributed by atoms with Gasteiger partial charge in [0.05, 0.1) is 6.26 Å². The zero-order chi connectivity index (χ0) is 14.9. The summed E-state index contributed by atoms with van der Waals surface area (Å²) in [6.07, 6.45) is 3.20. The molecule has 8 nitrogen and oxygen atoms in total. The lowest BCUT2D eigenvalue weighted by Crippen LogP contribution is -2.33. The minimum atomic E-state index is -3.94. The number of hydrogen-bond donors (Lipinski definition) is 0. The standard InChI is InChI=1S/C12H13N3O5S/c16-10(15-5-1-2-6-15)8-21(17,18)12-14-13-11(20-12)9-4-3-7-19-9/h3-4,7H,1-2,5-6,8H2. The minimum Gasteiger partial charge on any atom is -0.459 e. The molecule has 1 fully saturated rings. The molecule has 21 heavy (non-hydrogen) atoms. The van der Waals surface area contributed by atoms with E-state index in [0.29, 0.717) is 13.1 Å². The van der Waals surface area contributed by atoms with Crippen LogP contribution in [0.4, 0.5) is 0 Å². The van der Waals surface area contributed by atoms with Gasteiger partial charge in [-0.25, -0.2) is 8.42 Å². The fourth-order valence-corrected chi connectivity index (χ4v) is 3.12. The number of sulfone groups is 1. The van der Waals surface area contributed by atoms with E-state index >= 15 is 0 Å². The summed E-state index contributed by atoms with van der Waals surface area (Å²) in [4.78, 5) is 13.4. The van der Waals surface area contributed by atoms with Crippen molar-refractivity contribution in [2.24, 2.45) is 0 Å². The lowest BCUT2D eigenvalue weighted by atomic mass is 10.4. The van der Waals surface area contributed by atoms with E-state index in [1.807, 2.05) is 0 Å². The van der Waals surface area contributed by atoms with Crippen LogP contribution in [0.15, 0.2) is 32.5 Å². The van der Waals surface area contributed by atoms with E-state index in [4.69, 9.17) is 8.83 Å². The number of hydrogen-bond acceptors (Lipinski definition) is 7. The molecule has 0 saturated carbocycles. The molecule has 9 heteroatoms. The Hall–Kier alpha value is -2.16. The molecule has 1 saturated heterocycles. The Balaban J connectivity index is 1.77. The van der Waals surface area contributed by atoms with Crippen LogP contribution in [0, 0.1) is 0 Å². The molecule has 3 rings (SSSR count). The third-order valence-corrected chi connectivity index (χ3v) is 4.50. The first kappa shape index (κ1) is 13.8. The average Bonchev–Trinajstić information content (AvgIpc) is 3.19. The fourth-order valence-electron chi connectivity index (χ4n) is 2.12. The Morgan fingerprint density at radius 3 is 2.71 bits per heavy atom. The fraction of sp³-hybridized carbons (Fsp3) is 0.417. The van der Waals surface area contributed by atoms with Gasteiger partial charge in [0.1, 0.15) is 5.75 Å². The van der Waals surface area contributed by atoms with Crippen LogP contribution in [-0.2, 0) is 14.6 Å². The number of likely N-dealkylation sites (tertiary alicyclic amines) is 1. The van der Waals surface area contributed by atoms with Crippen molar-refractivity contribution in [1.82, 2.24) is 15.1 Å². The molecule has 3 heterocycles. The smallest absolute Gasteiger partial charge is 0.336 e. The highest BCUT2D eigenvalue weighted by Gasteiger charge is 2.30. The van der Waals surface area contributed by atoms with Crippen molar-refractivity contribution in [3.05, 3.63) is 18.4 Å². The Labute approximate surface area is 120 Å². The number of amides is 1.